The standard InChI is InChI=1S/2C17H23NO.C16H21NO2.2C16H21NO.C15H18FNO.2CH4/c1-16(2,3)15-12-8-6-7-9-13(12)18-14(15)10-19-11-17(18,4)5;1-16(2,3)14-12-8-6-7-9-13(12)18-10-11-19-17(4,5)15(14)18;1-16(2,3)14-11-6-5-7-13(18-4)15(11)17-8-9-19-10-12(14)17;1-11-5-6-13-12(9-11)15(16(2,3)4)14-10-18-8-7-17(13)14;1-11-5-6-12-13(9-11)17-7-8-18-10-14(17)15(12)16(2,3)4;1-15(2,3)14-11-5-4-10(16)8-12(11)17-6-7-18-9-13(14)17;;/h2*6-9H,10-11H2,1-5H3;5-7H,8-10H2,1-4H3;2*5-6,9H,7-8,10H2,1-4H3;4-5,8H,6-7,9H2,1-3H3;2*1H4. The van der Waals surface area contributed by atoms with Crippen LogP contribution in [0.25, 0.3) is 65.4 Å². The number of benzene rings is 6. The highest BCUT2D eigenvalue weighted by Crippen LogP contribution is 2.47. The molecule has 0 fully saturated rings. The van der Waals surface area contributed by atoms with Gasteiger partial charge in [-0.1, -0.05) is 212 Å². The Kier molecular flexibility index (Phi) is 24.5. The number of halogens is 1. The molecule has 0 saturated carbocycles. The van der Waals surface area contributed by atoms with Crippen molar-refractivity contribution in [2.75, 3.05) is 46.8 Å². The molecule has 12 heterocycles. The lowest BCUT2D eigenvalue weighted by atomic mass is 9.81. The van der Waals surface area contributed by atoms with Gasteiger partial charge < -0.3 is 60.6 Å². The molecule has 14 heteroatoms. The SMILES string of the molecule is C.C.CC(C)(C)c1c2n(c3cc(F)ccc13)CCOC2.CC(C)(C)c1c2n(c3ccccc13)C(C)(C)COC2.CC(C)(C)c1c2n(c3ccccc13)CCOC2(C)C.COc1cccc2c(C(C)(C)C)c3n(c12)CCOC3.Cc1ccc2c(C(C)(C)C)c3n(c2c1)CCOC3.Cc1ccc2c(c1)c(C(C)(C)C)c1n2CCOC1. The topological polar surface area (TPSA) is 94.2 Å². The summed E-state index contributed by atoms with van der Waals surface area (Å²) < 4.78 is 67.9. The van der Waals surface area contributed by atoms with Crippen molar-refractivity contribution in [1.82, 2.24) is 27.4 Å². The Hall–Kier alpha value is -7.95. The van der Waals surface area contributed by atoms with Gasteiger partial charge in [0, 0.05) is 116 Å². The van der Waals surface area contributed by atoms with E-state index in [4.69, 9.17) is 33.2 Å². The Morgan fingerprint density at radius 1 is 0.354 bits per heavy atom. The molecule has 113 heavy (non-hydrogen) atoms. The molecule has 12 aromatic rings. The second kappa shape index (κ2) is 32.3. The van der Waals surface area contributed by atoms with Crippen LogP contribution in [-0.4, -0.2) is 74.2 Å². The summed E-state index contributed by atoms with van der Waals surface area (Å²) in [5, 5.41) is 8.01. The van der Waals surface area contributed by atoms with Gasteiger partial charge in [-0.05, 0) is 168 Å². The number of hydrogen-bond acceptors (Lipinski definition) is 7. The maximum Gasteiger partial charge on any atom is 0.143 e. The van der Waals surface area contributed by atoms with Crippen LogP contribution in [0.15, 0.2) is 121 Å². The molecular weight excluding hydrogens is 1400 g/mol. The van der Waals surface area contributed by atoms with Gasteiger partial charge >= 0.3 is 0 Å². The first-order valence-electron chi connectivity index (χ1n) is 40.7. The van der Waals surface area contributed by atoms with E-state index in [1.54, 1.807) is 19.2 Å². The fraction of sp³-hybridized carbons (Fsp3) is 0.515. The van der Waals surface area contributed by atoms with Gasteiger partial charge in [0.15, 0.2) is 0 Å². The molecule has 610 valence electrons. The average molecular weight is 1540 g/mol. The third-order valence-electron chi connectivity index (χ3n) is 23.0. The summed E-state index contributed by atoms with van der Waals surface area (Å²) in [6.07, 6.45) is 0. The number of hydrogen-bond donors (Lipinski definition) is 0. The first-order valence-corrected chi connectivity index (χ1v) is 40.7. The molecule has 6 aliphatic rings. The lowest BCUT2D eigenvalue weighted by Gasteiger charge is -2.36. The number of aromatic nitrogens is 6. The molecule has 0 radical (unpaired) electrons. The van der Waals surface area contributed by atoms with Crippen molar-refractivity contribution in [3.8, 4) is 5.75 Å². The highest BCUT2D eigenvalue weighted by Gasteiger charge is 2.40. The fourth-order valence-electron chi connectivity index (χ4n) is 19.1. The van der Waals surface area contributed by atoms with Crippen LogP contribution < -0.4 is 4.74 Å². The van der Waals surface area contributed by atoms with Gasteiger partial charge in [-0.2, -0.15) is 0 Å². The van der Waals surface area contributed by atoms with E-state index < -0.39 is 0 Å². The molecule has 0 N–H and O–H groups in total. The Labute approximate surface area is 675 Å². The molecule has 0 spiro atoms. The van der Waals surface area contributed by atoms with E-state index >= 15 is 0 Å². The zero-order valence-electron chi connectivity index (χ0n) is 71.8. The van der Waals surface area contributed by atoms with Gasteiger partial charge in [-0.15, -0.1) is 0 Å². The molecule has 18 rings (SSSR count). The van der Waals surface area contributed by atoms with E-state index in [9.17, 15) is 4.39 Å². The maximum atomic E-state index is 13.5. The quantitative estimate of drug-likeness (QED) is 0.162. The average Bonchev–Trinajstić information content (AvgIpc) is 1.58. The van der Waals surface area contributed by atoms with Crippen molar-refractivity contribution >= 4 is 65.4 Å². The van der Waals surface area contributed by atoms with Crippen LogP contribution >= 0.6 is 0 Å². The van der Waals surface area contributed by atoms with Gasteiger partial charge in [-0.3, -0.25) is 0 Å². The third kappa shape index (κ3) is 16.7. The summed E-state index contributed by atoms with van der Waals surface area (Å²) in [7, 11) is 1.74. The smallest absolute Gasteiger partial charge is 0.143 e. The number of rotatable bonds is 1. The van der Waals surface area contributed by atoms with Gasteiger partial charge in [0.05, 0.1) is 102 Å². The molecule has 6 aromatic carbocycles. The van der Waals surface area contributed by atoms with Crippen molar-refractivity contribution in [2.45, 2.75) is 290 Å². The van der Waals surface area contributed by atoms with Crippen molar-refractivity contribution in [3.05, 3.63) is 206 Å². The van der Waals surface area contributed by atoms with E-state index in [0.717, 1.165) is 102 Å². The van der Waals surface area contributed by atoms with Gasteiger partial charge in [-0.25, -0.2) is 4.39 Å². The minimum Gasteiger partial charge on any atom is -0.495 e. The van der Waals surface area contributed by atoms with E-state index in [1.807, 2.05) is 12.1 Å². The lowest BCUT2D eigenvalue weighted by Crippen LogP contribution is -2.37. The van der Waals surface area contributed by atoms with E-state index in [1.165, 1.54) is 133 Å². The fourth-order valence-corrected chi connectivity index (χ4v) is 19.1. The monoisotopic (exact) mass is 1540 g/mol. The summed E-state index contributed by atoms with van der Waals surface area (Å²) >= 11 is 0. The molecule has 6 aromatic heterocycles. The van der Waals surface area contributed by atoms with Gasteiger partial charge in [0.2, 0.25) is 0 Å². The van der Waals surface area contributed by atoms with Crippen LogP contribution in [0.1, 0.15) is 246 Å². The molecule has 0 aliphatic carbocycles. The van der Waals surface area contributed by atoms with Gasteiger partial charge in [0.1, 0.15) is 17.2 Å². The Morgan fingerprint density at radius 2 is 0.735 bits per heavy atom. The molecule has 0 atom stereocenters. The molecule has 0 amide bonds. The summed E-state index contributed by atoms with van der Waals surface area (Å²) in [5.41, 5.74) is 27.3. The molecule has 0 unspecified atom stereocenters. The van der Waals surface area contributed by atoms with Gasteiger partial charge in [0.25, 0.3) is 0 Å². The Morgan fingerprint density at radius 3 is 1.26 bits per heavy atom. The number of ether oxygens (including phenoxy) is 7. The number of para-hydroxylation sites is 3. The first kappa shape index (κ1) is 85.9. The van der Waals surface area contributed by atoms with Crippen LogP contribution in [-0.2, 0) is 138 Å². The van der Waals surface area contributed by atoms with Crippen LogP contribution in [0.2, 0.25) is 0 Å². The molecular formula is C99H135FN6O7. The first-order chi connectivity index (χ1) is 52.1. The van der Waals surface area contributed by atoms with Crippen molar-refractivity contribution in [1.29, 1.82) is 0 Å². The summed E-state index contributed by atoms with van der Waals surface area (Å²) in [6.45, 7) is 67.0. The summed E-state index contributed by atoms with van der Waals surface area (Å²) in [4.78, 5) is 0. The van der Waals surface area contributed by atoms with Crippen molar-refractivity contribution in [2.24, 2.45) is 0 Å². The normalized spacial score (nSPS) is 16.5. The van der Waals surface area contributed by atoms with Crippen molar-refractivity contribution < 1.29 is 37.5 Å². The summed E-state index contributed by atoms with van der Waals surface area (Å²) in [5.74, 6) is 0.783. The zero-order valence-corrected chi connectivity index (χ0v) is 71.8. The van der Waals surface area contributed by atoms with Crippen LogP contribution in [0.5, 0.6) is 5.75 Å². The second-order valence-electron chi connectivity index (χ2n) is 38.9. The maximum absolute atomic E-state index is 13.5. The molecule has 0 saturated heterocycles. The lowest BCUT2D eigenvalue weighted by molar-refractivity contribution is -0.0505. The molecule has 6 aliphatic heterocycles. The van der Waals surface area contributed by atoms with Crippen molar-refractivity contribution in [3.63, 3.8) is 0 Å². The highest BCUT2D eigenvalue weighted by atomic mass is 19.1. The number of nitrogens with zero attached hydrogens (tertiary/aromatic N) is 6. The highest BCUT2D eigenvalue weighted by molar-refractivity contribution is 5.93. The largest absolute Gasteiger partial charge is 0.495 e. The Balaban J connectivity index is 0.000000133. The number of fused-ring (bicyclic) bond motifs is 18. The van der Waals surface area contributed by atoms with Crippen LogP contribution in [0.3, 0.4) is 0 Å². The zero-order chi connectivity index (χ0) is 80.0. The van der Waals surface area contributed by atoms with E-state index in [2.05, 4.69) is 291 Å². The minimum atomic E-state index is -0.208. The predicted octanol–water partition coefficient (Wildman–Crippen LogP) is 24.3. The van der Waals surface area contributed by atoms with Crippen LogP contribution in [0.4, 0.5) is 4.39 Å². The predicted molar refractivity (Wildman–Crippen MR) is 470 cm³/mol. The number of methoxy groups -OCH3 is 1. The van der Waals surface area contributed by atoms with Crippen LogP contribution in [0, 0.1) is 19.7 Å². The third-order valence-corrected chi connectivity index (χ3v) is 23.0. The summed E-state index contributed by atoms with van der Waals surface area (Å²) in [6, 6.07) is 42.5. The second-order valence-corrected chi connectivity index (χ2v) is 38.9. The number of aryl methyl sites for hydroxylation is 2. The molecule has 0 bridgehead atoms. The Bertz CT molecular complexity index is 5270. The van der Waals surface area contributed by atoms with E-state index in [-0.39, 0.29) is 64.3 Å². The molecule has 13 nitrogen and oxygen atoms in total. The van der Waals surface area contributed by atoms with E-state index in [0.29, 0.717) is 19.8 Å². The minimum absolute atomic E-state index is 0.